The van der Waals surface area contributed by atoms with Crippen LogP contribution in [0.15, 0.2) is 17.6 Å². The molecular formula is C8H6N2S. The van der Waals surface area contributed by atoms with E-state index in [9.17, 15) is 0 Å². The molecule has 0 unspecified atom stereocenters. The standard InChI is InChI=1S/C8H6N2S/c9-3-7-5-10-4-6-1-2-11-8(6)7/h1-2,5,10H,4H2. The van der Waals surface area contributed by atoms with Crippen LogP contribution in [0.2, 0.25) is 0 Å². The Morgan fingerprint density at radius 3 is 3.36 bits per heavy atom. The molecule has 0 amide bonds. The van der Waals surface area contributed by atoms with Crippen LogP contribution in [0.5, 0.6) is 0 Å². The first-order valence-electron chi connectivity index (χ1n) is 3.32. The van der Waals surface area contributed by atoms with Gasteiger partial charge in [0.2, 0.25) is 0 Å². The van der Waals surface area contributed by atoms with Gasteiger partial charge < -0.3 is 5.32 Å². The summed E-state index contributed by atoms with van der Waals surface area (Å²) in [5, 5.41) is 13.8. The molecule has 0 aliphatic carbocycles. The van der Waals surface area contributed by atoms with Gasteiger partial charge in [-0.05, 0) is 17.0 Å². The molecule has 11 heavy (non-hydrogen) atoms. The van der Waals surface area contributed by atoms with E-state index in [0.717, 1.165) is 17.0 Å². The molecule has 2 rings (SSSR count). The second kappa shape index (κ2) is 2.40. The van der Waals surface area contributed by atoms with Crippen LogP contribution in [0.4, 0.5) is 0 Å². The molecule has 54 valence electrons. The maximum absolute atomic E-state index is 8.70. The highest BCUT2D eigenvalue weighted by Crippen LogP contribution is 2.26. The molecule has 0 spiro atoms. The largest absolute Gasteiger partial charge is 0.386 e. The van der Waals surface area contributed by atoms with E-state index in [0.29, 0.717) is 0 Å². The molecule has 0 saturated carbocycles. The summed E-state index contributed by atoms with van der Waals surface area (Å²) in [5.41, 5.74) is 1.98. The molecule has 2 nitrogen and oxygen atoms in total. The van der Waals surface area contributed by atoms with Crippen LogP contribution in [-0.4, -0.2) is 0 Å². The van der Waals surface area contributed by atoms with Gasteiger partial charge in [0, 0.05) is 12.7 Å². The lowest BCUT2D eigenvalue weighted by Gasteiger charge is -2.08. The summed E-state index contributed by atoms with van der Waals surface area (Å²) < 4.78 is 0. The zero-order valence-corrected chi connectivity index (χ0v) is 6.61. The number of allylic oxidation sites excluding steroid dienone is 1. The molecule has 1 aliphatic rings. The van der Waals surface area contributed by atoms with Gasteiger partial charge in [-0.15, -0.1) is 11.3 Å². The van der Waals surface area contributed by atoms with Crippen molar-refractivity contribution in [1.29, 1.82) is 5.26 Å². The fourth-order valence-corrected chi connectivity index (χ4v) is 2.01. The Morgan fingerprint density at radius 2 is 2.55 bits per heavy atom. The topological polar surface area (TPSA) is 35.8 Å². The number of nitriles is 1. The normalized spacial score (nSPS) is 14.3. The third kappa shape index (κ3) is 0.920. The summed E-state index contributed by atoms with van der Waals surface area (Å²) >= 11 is 1.63. The quantitative estimate of drug-likeness (QED) is 0.630. The first-order chi connectivity index (χ1) is 5.42. The highest BCUT2D eigenvalue weighted by molar-refractivity contribution is 7.11. The van der Waals surface area contributed by atoms with E-state index in [-0.39, 0.29) is 0 Å². The Kier molecular flexibility index (Phi) is 1.41. The average molecular weight is 162 g/mol. The van der Waals surface area contributed by atoms with E-state index in [4.69, 9.17) is 5.26 Å². The molecule has 1 N–H and O–H groups in total. The van der Waals surface area contributed by atoms with Crippen molar-refractivity contribution >= 4 is 16.9 Å². The van der Waals surface area contributed by atoms with Crippen molar-refractivity contribution in [1.82, 2.24) is 5.32 Å². The lowest BCUT2D eigenvalue weighted by Crippen LogP contribution is -2.10. The molecule has 0 saturated heterocycles. The van der Waals surface area contributed by atoms with E-state index in [2.05, 4.69) is 17.5 Å². The lowest BCUT2D eigenvalue weighted by molar-refractivity contribution is 0.861. The van der Waals surface area contributed by atoms with Crippen molar-refractivity contribution in [3.63, 3.8) is 0 Å². The molecule has 3 heteroatoms. The molecule has 2 heterocycles. The summed E-state index contributed by atoms with van der Waals surface area (Å²) in [6.45, 7) is 0.851. The predicted molar refractivity (Wildman–Crippen MR) is 44.7 cm³/mol. The summed E-state index contributed by atoms with van der Waals surface area (Å²) in [6.07, 6.45) is 1.78. The third-order valence-corrected chi connectivity index (χ3v) is 2.64. The molecule has 1 aromatic rings. The minimum atomic E-state index is 0.751. The first-order valence-corrected chi connectivity index (χ1v) is 4.20. The maximum Gasteiger partial charge on any atom is 0.102 e. The van der Waals surface area contributed by atoms with E-state index in [1.54, 1.807) is 17.5 Å². The molecule has 1 aromatic heterocycles. The van der Waals surface area contributed by atoms with E-state index in [1.807, 2.05) is 5.38 Å². The zero-order valence-electron chi connectivity index (χ0n) is 5.79. The van der Waals surface area contributed by atoms with Crippen molar-refractivity contribution in [2.24, 2.45) is 0 Å². The third-order valence-electron chi connectivity index (χ3n) is 1.65. The summed E-state index contributed by atoms with van der Waals surface area (Å²) in [6, 6.07) is 4.21. The number of nitrogens with zero attached hydrogens (tertiary/aromatic N) is 1. The molecular weight excluding hydrogens is 156 g/mol. The molecule has 1 aliphatic heterocycles. The smallest absolute Gasteiger partial charge is 0.102 e. The second-order valence-electron chi connectivity index (χ2n) is 2.33. The van der Waals surface area contributed by atoms with Gasteiger partial charge in [-0.2, -0.15) is 5.26 Å². The number of hydrogen-bond acceptors (Lipinski definition) is 3. The van der Waals surface area contributed by atoms with Crippen molar-refractivity contribution in [3.05, 3.63) is 28.1 Å². The van der Waals surface area contributed by atoms with Gasteiger partial charge in [0.25, 0.3) is 0 Å². The molecule has 0 bridgehead atoms. The van der Waals surface area contributed by atoms with Crippen LogP contribution >= 0.6 is 11.3 Å². The van der Waals surface area contributed by atoms with Gasteiger partial charge in [0.05, 0.1) is 10.5 Å². The SMILES string of the molecule is N#CC1=CNCc2ccsc21. The number of rotatable bonds is 0. The Hall–Kier alpha value is -1.27. The Morgan fingerprint density at radius 1 is 1.64 bits per heavy atom. The van der Waals surface area contributed by atoms with Gasteiger partial charge in [-0.3, -0.25) is 0 Å². The monoisotopic (exact) mass is 162 g/mol. The number of fused-ring (bicyclic) bond motifs is 1. The molecule has 0 fully saturated rings. The fraction of sp³-hybridized carbons (Fsp3) is 0.125. The predicted octanol–water partition coefficient (Wildman–Crippen LogP) is 1.72. The van der Waals surface area contributed by atoms with Crippen LogP contribution in [0.3, 0.4) is 0 Å². The van der Waals surface area contributed by atoms with Gasteiger partial charge in [-0.25, -0.2) is 0 Å². The average Bonchev–Trinajstić information content (AvgIpc) is 2.50. The molecule has 0 atom stereocenters. The van der Waals surface area contributed by atoms with Gasteiger partial charge in [0.1, 0.15) is 6.07 Å². The van der Waals surface area contributed by atoms with Gasteiger partial charge in [-0.1, -0.05) is 0 Å². The van der Waals surface area contributed by atoms with Crippen molar-refractivity contribution in [2.75, 3.05) is 0 Å². The lowest BCUT2D eigenvalue weighted by atomic mass is 10.1. The van der Waals surface area contributed by atoms with Gasteiger partial charge in [0.15, 0.2) is 0 Å². The summed E-state index contributed by atoms with van der Waals surface area (Å²) in [5.74, 6) is 0. The van der Waals surface area contributed by atoms with Crippen LogP contribution in [0, 0.1) is 11.3 Å². The van der Waals surface area contributed by atoms with E-state index in [1.165, 1.54) is 5.56 Å². The van der Waals surface area contributed by atoms with Crippen molar-refractivity contribution < 1.29 is 0 Å². The number of nitrogens with one attached hydrogen (secondary N) is 1. The second-order valence-corrected chi connectivity index (χ2v) is 3.24. The summed E-state index contributed by atoms with van der Waals surface area (Å²) in [4.78, 5) is 1.12. The minimum Gasteiger partial charge on any atom is -0.386 e. The highest BCUT2D eigenvalue weighted by Gasteiger charge is 2.12. The van der Waals surface area contributed by atoms with Crippen LogP contribution in [0.1, 0.15) is 10.4 Å². The Balaban J connectivity index is 2.55. The van der Waals surface area contributed by atoms with E-state index >= 15 is 0 Å². The van der Waals surface area contributed by atoms with Crippen LogP contribution in [0.25, 0.3) is 5.57 Å². The van der Waals surface area contributed by atoms with E-state index < -0.39 is 0 Å². The van der Waals surface area contributed by atoms with Crippen LogP contribution < -0.4 is 5.32 Å². The minimum absolute atomic E-state index is 0.751. The molecule has 0 aromatic carbocycles. The maximum atomic E-state index is 8.70. The summed E-state index contributed by atoms with van der Waals surface area (Å²) in [7, 11) is 0. The van der Waals surface area contributed by atoms with Gasteiger partial charge >= 0.3 is 0 Å². The van der Waals surface area contributed by atoms with Crippen LogP contribution in [-0.2, 0) is 6.54 Å². The zero-order chi connectivity index (χ0) is 7.68. The first kappa shape index (κ1) is 6.44. The van der Waals surface area contributed by atoms with Crippen molar-refractivity contribution in [3.8, 4) is 6.07 Å². The number of thiophene rings is 1. The fourth-order valence-electron chi connectivity index (χ4n) is 1.12. The van der Waals surface area contributed by atoms with Crippen molar-refractivity contribution in [2.45, 2.75) is 6.54 Å². The number of hydrogen-bond donors (Lipinski definition) is 1. The Labute approximate surface area is 68.8 Å². The highest BCUT2D eigenvalue weighted by atomic mass is 32.1. The molecule has 0 radical (unpaired) electrons. The Bertz CT molecular complexity index is 343.